The van der Waals surface area contributed by atoms with E-state index in [9.17, 15) is 0 Å². The average Bonchev–Trinajstić information content (AvgIpc) is 3.46. The van der Waals surface area contributed by atoms with Gasteiger partial charge in [-0.1, -0.05) is 27.2 Å². The van der Waals surface area contributed by atoms with E-state index in [0.29, 0.717) is 24.2 Å². The fraction of sp³-hybridized carbons (Fsp3) is 1.00. The van der Waals surface area contributed by atoms with Crippen molar-refractivity contribution in [3.05, 3.63) is 0 Å². The molecule has 2 aliphatic heterocycles. The largest absolute Gasteiger partial charge is 0.304 e. The zero-order valence-electron chi connectivity index (χ0n) is 31.9. The van der Waals surface area contributed by atoms with E-state index in [4.69, 9.17) is 0 Å². The quantitative estimate of drug-likeness (QED) is 0.254. The van der Waals surface area contributed by atoms with E-state index in [0.717, 1.165) is 12.1 Å². The number of piperidine rings is 1. The van der Waals surface area contributed by atoms with E-state index in [-0.39, 0.29) is 0 Å². The fourth-order valence-corrected chi connectivity index (χ4v) is 4.85. The lowest BCUT2D eigenvalue weighted by Gasteiger charge is -2.29. The van der Waals surface area contributed by atoms with Crippen molar-refractivity contribution in [2.45, 2.75) is 179 Å². The number of hydrogen-bond acceptors (Lipinski definition) is 5. The molecule has 2 heterocycles. The van der Waals surface area contributed by atoms with Gasteiger partial charge in [0.2, 0.25) is 0 Å². The van der Waals surface area contributed by atoms with Crippen LogP contribution in [0.4, 0.5) is 0 Å². The summed E-state index contributed by atoms with van der Waals surface area (Å²) in [6.45, 7) is 42.3. The summed E-state index contributed by atoms with van der Waals surface area (Å²) in [6, 6.07) is 4.31. The van der Waals surface area contributed by atoms with Crippen LogP contribution in [-0.2, 0) is 0 Å². The van der Waals surface area contributed by atoms with Crippen molar-refractivity contribution >= 4 is 0 Å². The van der Waals surface area contributed by atoms with Crippen molar-refractivity contribution in [1.29, 1.82) is 0 Å². The van der Waals surface area contributed by atoms with Gasteiger partial charge in [0.25, 0.3) is 0 Å². The highest BCUT2D eigenvalue weighted by molar-refractivity contribution is 4.69. The molecule has 2 rings (SSSR count). The Hall–Kier alpha value is -0.200. The molecule has 5 heteroatoms. The molecule has 2 saturated heterocycles. The molecular weight excluding hydrogens is 502 g/mol. The second-order valence-electron chi connectivity index (χ2n) is 13.8. The summed E-state index contributed by atoms with van der Waals surface area (Å²) in [5.41, 5.74) is 0. The molecule has 0 N–H and O–H groups in total. The molecule has 0 radical (unpaired) electrons. The molecule has 0 aromatic rings. The molecule has 252 valence electrons. The molecule has 0 bridgehead atoms. The molecule has 0 saturated carbocycles. The third kappa shape index (κ3) is 27.1. The topological polar surface area (TPSA) is 16.2 Å². The number of hydrogen-bond donors (Lipinski definition) is 0. The summed E-state index contributed by atoms with van der Waals surface area (Å²) in [5.74, 6) is 0. The zero-order chi connectivity index (χ0) is 32.5. The maximum absolute atomic E-state index is 2.56. The minimum absolute atomic E-state index is 0.676. The summed E-state index contributed by atoms with van der Waals surface area (Å²) in [7, 11) is 4.31. The van der Waals surface area contributed by atoms with Crippen molar-refractivity contribution in [2.75, 3.05) is 59.9 Å². The van der Waals surface area contributed by atoms with Gasteiger partial charge in [0.1, 0.15) is 0 Å². The highest BCUT2D eigenvalue weighted by Gasteiger charge is 2.13. The van der Waals surface area contributed by atoms with E-state index < -0.39 is 0 Å². The van der Waals surface area contributed by atoms with Crippen LogP contribution in [0.1, 0.15) is 142 Å². The van der Waals surface area contributed by atoms with E-state index >= 15 is 0 Å². The standard InChI is InChI=1S/C8H17N.C7H15N.3C7H17N/c1-8(2)9-6-4-3-5-7-9;1-7(2)8-5-3-4-6-8;1-6(2)8(5)7(3)4;1-5-6-8(4)7(2)3;1-5-8(6-2)7(3)4/h8H,3-7H2,1-2H3;7H,3-6H2,1-2H3;6-7H,1-5H3;2*7H,5-6H2,1-4H3. The second-order valence-corrected chi connectivity index (χ2v) is 13.8. The van der Waals surface area contributed by atoms with E-state index in [2.05, 4.69) is 142 Å². The van der Waals surface area contributed by atoms with Gasteiger partial charge in [0, 0.05) is 36.3 Å². The minimum atomic E-state index is 0.676. The summed E-state index contributed by atoms with van der Waals surface area (Å²) < 4.78 is 0. The first kappa shape index (κ1) is 45.2. The van der Waals surface area contributed by atoms with Crippen LogP contribution in [0.5, 0.6) is 0 Å². The summed E-state index contributed by atoms with van der Waals surface area (Å²) >= 11 is 0. The SMILES string of the molecule is CC(C)N(C)C(C)C.CC(C)N1CCCC1.CC(C)N1CCCCC1.CCCN(C)C(C)C.CCN(CC)C(C)C. The first-order valence-electron chi connectivity index (χ1n) is 17.7. The lowest BCUT2D eigenvalue weighted by Crippen LogP contribution is -2.35. The van der Waals surface area contributed by atoms with Crippen molar-refractivity contribution in [3.8, 4) is 0 Å². The Balaban J connectivity index is -0.000000441. The first-order valence-corrected chi connectivity index (χ1v) is 17.7. The van der Waals surface area contributed by atoms with Crippen molar-refractivity contribution in [2.24, 2.45) is 0 Å². The monoisotopic (exact) mass is 586 g/mol. The average molecular weight is 586 g/mol. The summed E-state index contributed by atoms with van der Waals surface area (Å²) in [5, 5.41) is 0. The van der Waals surface area contributed by atoms with Crippen LogP contribution in [0.25, 0.3) is 0 Å². The van der Waals surface area contributed by atoms with E-state index in [1.54, 1.807) is 0 Å². The van der Waals surface area contributed by atoms with Crippen LogP contribution >= 0.6 is 0 Å². The molecule has 41 heavy (non-hydrogen) atoms. The maximum atomic E-state index is 2.56. The van der Waals surface area contributed by atoms with Crippen LogP contribution in [0.3, 0.4) is 0 Å². The Morgan fingerprint density at radius 3 is 0.951 bits per heavy atom. The van der Waals surface area contributed by atoms with Gasteiger partial charge in [0.05, 0.1) is 0 Å². The number of rotatable bonds is 10. The van der Waals surface area contributed by atoms with Gasteiger partial charge in [-0.05, 0) is 175 Å². The molecule has 0 aliphatic carbocycles. The highest BCUT2D eigenvalue weighted by Crippen LogP contribution is 2.11. The van der Waals surface area contributed by atoms with E-state index in [1.807, 2.05) is 0 Å². The predicted molar refractivity (Wildman–Crippen MR) is 191 cm³/mol. The fourth-order valence-electron chi connectivity index (χ4n) is 4.85. The molecule has 0 spiro atoms. The molecular formula is C36H83N5. The Morgan fingerprint density at radius 1 is 0.488 bits per heavy atom. The van der Waals surface area contributed by atoms with Gasteiger partial charge in [-0.3, -0.25) is 0 Å². The molecule has 0 aromatic heterocycles. The second kappa shape index (κ2) is 28.6. The summed E-state index contributed by atoms with van der Waals surface area (Å²) in [4.78, 5) is 12.2. The third-order valence-electron chi connectivity index (χ3n) is 8.62. The smallest absolute Gasteiger partial charge is 0.00385 e. The lowest BCUT2D eigenvalue weighted by molar-refractivity contribution is 0.185. The maximum Gasteiger partial charge on any atom is 0.00385 e. The molecule has 2 fully saturated rings. The Kier molecular flexibility index (Phi) is 31.5. The van der Waals surface area contributed by atoms with Gasteiger partial charge >= 0.3 is 0 Å². The van der Waals surface area contributed by atoms with Gasteiger partial charge in [-0.15, -0.1) is 0 Å². The Labute approximate surface area is 262 Å². The molecule has 2 aliphatic rings. The highest BCUT2D eigenvalue weighted by atomic mass is 15.2. The van der Waals surface area contributed by atoms with Crippen molar-refractivity contribution < 1.29 is 0 Å². The van der Waals surface area contributed by atoms with Crippen LogP contribution in [0.15, 0.2) is 0 Å². The predicted octanol–water partition coefficient (Wildman–Crippen LogP) is 8.58. The van der Waals surface area contributed by atoms with Gasteiger partial charge in [0.15, 0.2) is 0 Å². The lowest BCUT2D eigenvalue weighted by atomic mass is 10.1. The van der Waals surface area contributed by atoms with Crippen molar-refractivity contribution in [3.63, 3.8) is 0 Å². The molecule has 0 amide bonds. The Bertz CT molecular complexity index is 476. The minimum Gasteiger partial charge on any atom is -0.304 e. The van der Waals surface area contributed by atoms with Crippen LogP contribution in [0.2, 0.25) is 0 Å². The molecule has 5 nitrogen and oxygen atoms in total. The molecule has 0 aromatic carbocycles. The third-order valence-corrected chi connectivity index (χ3v) is 8.62. The molecule has 0 unspecified atom stereocenters. The van der Waals surface area contributed by atoms with Crippen LogP contribution in [0, 0.1) is 0 Å². The Morgan fingerprint density at radius 2 is 0.829 bits per heavy atom. The summed E-state index contributed by atoms with van der Waals surface area (Å²) in [6.07, 6.45) is 8.37. The zero-order valence-corrected chi connectivity index (χ0v) is 31.9. The van der Waals surface area contributed by atoms with Crippen molar-refractivity contribution in [1.82, 2.24) is 24.5 Å². The number of likely N-dealkylation sites (tertiary alicyclic amines) is 2. The first-order chi connectivity index (χ1) is 19.1. The van der Waals surface area contributed by atoms with Gasteiger partial charge < -0.3 is 24.5 Å². The van der Waals surface area contributed by atoms with Crippen LogP contribution in [-0.4, -0.2) is 121 Å². The van der Waals surface area contributed by atoms with Gasteiger partial charge in [-0.25, -0.2) is 0 Å². The van der Waals surface area contributed by atoms with E-state index in [1.165, 1.54) is 84.3 Å². The molecule has 0 atom stereocenters. The number of nitrogens with zero attached hydrogens (tertiary/aromatic N) is 5. The van der Waals surface area contributed by atoms with Crippen LogP contribution < -0.4 is 0 Å². The van der Waals surface area contributed by atoms with Gasteiger partial charge in [-0.2, -0.15) is 0 Å². The normalized spacial score (nSPS) is 16.2.